The van der Waals surface area contributed by atoms with Gasteiger partial charge < -0.3 is 15.3 Å². The van der Waals surface area contributed by atoms with Gasteiger partial charge >= 0.3 is 0 Å². The van der Waals surface area contributed by atoms with Gasteiger partial charge in [0.05, 0.1) is 25.2 Å². The summed E-state index contributed by atoms with van der Waals surface area (Å²) in [7, 11) is 1.84. The highest BCUT2D eigenvalue weighted by Gasteiger charge is 1.98. The van der Waals surface area contributed by atoms with Crippen LogP contribution in [0.4, 0.5) is 0 Å². The highest BCUT2D eigenvalue weighted by molar-refractivity contribution is 4.42. The number of hydrogen-bond acceptors (Lipinski definition) is 5. The minimum atomic E-state index is -1.75. The van der Waals surface area contributed by atoms with Crippen LogP contribution in [0.1, 0.15) is 0 Å². The fourth-order valence-electron chi connectivity index (χ4n) is 0.742. The number of aryl methyl sites for hydroxylation is 1. The summed E-state index contributed by atoms with van der Waals surface area (Å²) in [4.78, 5) is 10.9. The molecule has 0 aliphatic heterocycles. The van der Waals surface area contributed by atoms with Gasteiger partial charge in [-0.25, -0.2) is 4.57 Å². The number of hydrogen-bond donors (Lipinski definition) is 0. The molecule has 0 N–H and O–H groups in total. The molecule has 1 heterocycles. The van der Waals surface area contributed by atoms with Crippen molar-refractivity contribution < 1.29 is 9.65 Å². The molecule has 0 saturated heterocycles. The molecule has 1 aromatic rings. The summed E-state index contributed by atoms with van der Waals surface area (Å²) < 4.78 is 3.55. The number of aromatic nitrogens is 3. The van der Waals surface area contributed by atoms with E-state index in [9.17, 15) is 0 Å². The van der Waals surface area contributed by atoms with E-state index in [1.54, 1.807) is 11.0 Å². The van der Waals surface area contributed by atoms with Crippen LogP contribution in [0.25, 0.3) is 10.4 Å². The minimum Gasteiger partial charge on any atom is -0.356 e. The van der Waals surface area contributed by atoms with E-state index < -0.39 is 5.09 Å². The van der Waals surface area contributed by atoms with Crippen LogP contribution in [0, 0.1) is 15.3 Å². The Morgan fingerprint density at radius 1 is 1.73 bits per heavy atom. The molecule has 82 valence electrons. The van der Waals surface area contributed by atoms with Crippen LogP contribution in [0.2, 0.25) is 0 Å². The van der Waals surface area contributed by atoms with E-state index in [1.807, 2.05) is 17.9 Å². The monoisotopic (exact) mass is 215 g/mol. The Morgan fingerprint density at radius 2 is 2.33 bits per heavy atom. The molecule has 10 heteroatoms. The zero-order valence-corrected chi connectivity index (χ0v) is 7.92. The normalized spacial score (nSPS) is 8.33. The van der Waals surface area contributed by atoms with Crippen molar-refractivity contribution in [3.05, 3.63) is 38.4 Å². The number of rotatable bonds is 3. The molecule has 10 nitrogen and oxygen atoms in total. The molecule has 0 unspecified atom stereocenters. The topological polar surface area (TPSA) is 137 Å². The van der Waals surface area contributed by atoms with Crippen molar-refractivity contribution in [1.29, 1.82) is 0 Å². The average Bonchev–Trinajstić information content (AvgIpc) is 2.51. The molecule has 0 aliphatic rings. The molecule has 1 aromatic heterocycles. The van der Waals surface area contributed by atoms with Gasteiger partial charge in [0, 0.05) is 10.0 Å². The second-order valence-electron chi connectivity index (χ2n) is 2.34. The van der Waals surface area contributed by atoms with Crippen LogP contribution in [-0.4, -0.2) is 21.4 Å². The standard InChI is InChI=1S/C5H9N6.NO3/c1-10-5-11(4-8-10)3-2-7-9-6;2-1(3)4/h4-5H,2-3H2,1H3;/q+1;-1. The van der Waals surface area contributed by atoms with Crippen LogP contribution in [-0.2, 0) is 13.6 Å². The Labute approximate surface area is 84.1 Å². The Kier molecular flexibility index (Phi) is 5.98. The lowest BCUT2D eigenvalue weighted by Crippen LogP contribution is -2.32. The van der Waals surface area contributed by atoms with E-state index in [-0.39, 0.29) is 0 Å². The smallest absolute Gasteiger partial charge is 0.265 e. The van der Waals surface area contributed by atoms with E-state index >= 15 is 0 Å². The summed E-state index contributed by atoms with van der Waals surface area (Å²) in [6.07, 6.45) is 3.51. The maximum Gasteiger partial charge on any atom is 0.265 e. The summed E-state index contributed by atoms with van der Waals surface area (Å²) >= 11 is 0. The van der Waals surface area contributed by atoms with Crippen molar-refractivity contribution in [3.8, 4) is 0 Å². The van der Waals surface area contributed by atoms with Crippen LogP contribution >= 0.6 is 0 Å². The van der Waals surface area contributed by atoms with Crippen molar-refractivity contribution in [3.63, 3.8) is 0 Å². The Morgan fingerprint density at radius 3 is 2.73 bits per heavy atom. The molecule has 0 spiro atoms. The molecule has 0 amide bonds. The molecule has 0 fully saturated rings. The maximum absolute atomic E-state index is 8.25. The van der Waals surface area contributed by atoms with Crippen molar-refractivity contribution in [2.24, 2.45) is 12.2 Å². The zero-order valence-electron chi connectivity index (χ0n) is 7.92. The molecule has 0 bridgehead atoms. The molecule has 0 atom stereocenters. The predicted octanol–water partition coefficient (Wildman–Crippen LogP) is -0.221. The quantitative estimate of drug-likeness (QED) is 0.172. The summed E-state index contributed by atoms with van der Waals surface area (Å²) in [5.74, 6) is 0. The van der Waals surface area contributed by atoms with E-state index in [2.05, 4.69) is 15.1 Å². The van der Waals surface area contributed by atoms with Crippen molar-refractivity contribution >= 4 is 0 Å². The first-order valence-electron chi connectivity index (χ1n) is 3.76. The highest BCUT2D eigenvalue weighted by Crippen LogP contribution is 1.73. The van der Waals surface area contributed by atoms with Crippen molar-refractivity contribution in [1.82, 2.24) is 9.78 Å². The second-order valence-corrected chi connectivity index (χ2v) is 2.34. The molecule has 0 saturated carbocycles. The van der Waals surface area contributed by atoms with E-state index in [4.69, 9.17) is 20.9 Å². The van der Waals surface area contributed by atoms with Gasteiger partial charge in [-0.05, 0) is 5.53 Å². The van der Waals surface area contributed by atoms with Gasteiger partial charge in [-0.2, -0.15) is 0 Å². The van der Waals surface area contributed by atoms with E-state index in [0.29, 0.717) is 13.1 Å². The summed E-state index contributed by atoms with van der Waals surface area (Å²) in [6.45, 7) is 1.14. The maximum atomic E-state index is 8.25. The van der Waals surface area contributed by atoms with E-state index in [1.165, 1.54) is 0 Å². The van der Waals surface area contributed by atoms with Gasteiger partial charge in [0.1, 0.15) is 0 Å². The third-order valence-corrected chi connectivity index (χ3v) is 1.22. The van der Waals surface area contributed by atoms with Crippen molar-refractivity contribution in [2.75, 3.05) is 6.54 Å². The van der Waals surface area contributed by atoms with Gasteiger partial charge in [-0.1, -0.05) is 5.11 Å². The summed E-state index contributed by atoms with van der Waals surface area (Å²) in [6, 6.07) is 0. The molecular weight excluding hydrogens is 206 g/mol. The Balaban J connectivity index is 0.000000423. The molecular formula is C5H9N7O3. The average molecular weight is 215 g/mol. The predicted molar refractivity (Wildman–Crippen MR) is 47.8 cm³/mol. The third kappa shape index (κ3) is 7.99. The lowest BCUT2D eigenvalue weighted by atomic mass is 10.6. The fraction of sp³-hybridized carbons (Fsp3) is 0.600. The number of nitrogens with zero attached hydrogens (tertiary/aromatic N) is 7. The van der Waals surface area contributed by atoms with Crippen LogP contribution in [0.15, 0.2) is 17.8 Å². The first kappa shape index (κ1) is 12.7. The molecule has 15 heavy (non-hydrogen) atoms. The van der Waals surface area contributed by atoms with Gasteiger partial charge in [0.25, 0.3) is 6.33 Å². The first-order valence-corrected chi connectivity index (χ1v) is 3.76. The molecule has 0 aromatic carbocycles. The van der Waals surface area contributed by atoms with Crippen LogP contribution in [0.3, 0.4) is 0 Å². The van der Waals surface area contributed by atoms with Crippen molar-refractivity contribution in [2.45, 2.75) is 6.54 Å². The molecule has 0 aliphatic carbocycles. The number of azide groups is 1. The summed E-state index contributed by atoms with van der Waals surface area (Å²) in [5.41, 5.74) is 7.98. The Bertz CT molecular complexity index is 351. The zero-order chi connectivity index (χ0) is 11.7. The lowest BCUT2D eigenvalue weighted by molar-refractivity contribution is -0.695. The van der Waals surface area contributed by atoms with Gasteiger partial charge in [-0.3, -0.25) is 0 Å². The lowest BCUT2D eigenvalue weighted by Gasteiger charge is -1.86. The van der Waals surface area contributed by atoms with E-state index in [0.717, 1.165) is 0 Å². The van der Waals surface area contributed by atoms with Crippen LogP contribution in [0.5, 0.6) is 0 Å². The second kappa shape index (κ2) is 7.09. The first-order chi connectivity index (χ1) is 7.06. The van der Waals surface area contributed by atoms with Crippen LogP contribution < -0.4 is 4.57 Å². The Hall–Kier alpha value is -2.35. The molecule has 0 radical (unpaired) electrons. The highest BCUT2D eigenvalue weighted by atomic mass is 16.9. The third-order valence-electron chi connectivity index (χ3n) is 1.22. The minimum absolute atomic E-state index is 0.465. The van der Waals surface area contributed by atoms with Gasteiger partial charge in [0.2, 0.25) is 6.33 Å². The SMILES string of the molecule is Cn1c[n+](CCN=[N+]=[N-])cn1.O=[N+]([O-])[O-]. The van der Waals surface area contributed by atoms with Gasteiger partial charge in [0.15, 0.2) is 0 Å². The summed E-state index contributed by atoms with van der Waals surface area (Å²) in [5, 5.41) is 22.1. The largest absolute Gasteiger partial charge is 0.356 e. The fourth-order valence-corrected chi connectivity index (χ4v) is 0.742. The molecule has 1 rings (SSSR count). The van der Waals surface area contributed by atoms with Gasteiger partial charge in [-0.15, -0.1) is 4.68 Å².